The highest BCUT2D eigenvalue weighted by Crippen LogP contribution is 2.26. The van der Waals surface area contributed by atoms with Crippen molar-refractivity contribution in [3.63, 3.8) is 0 Å². The Morgan fingerprint density at radius 1 is 1.00 bits per heavy atom. The molecule has 0 aliphatic rings. The van der Waals surface area contributed by atoms with Gasteiger partial charge in [0.2, 0.25) is 5.92 Å². The highest BCUT2D eigenvalue weighted by molar-refractivity contribution is 14.1. The number of alkyl halides is 3. The van der Waals surface area contributed by atoms with Crippen LogP contribution in [-0.2, 0) is 0 Å². The van der Waals surface area contributed by atoms with Crippen LogP contribution in [0.2, 0.25) is 0 Å². The molecule has 0 saturated carbocycles. The lowest BCUT2D eigenvalue weighted by molar-refractivity contribution is -0.0118. The van der Waals surface area contributed by atoms with Crippen LogP contribution in [0.25, 0.3) is 0 Å². The summed E-state index contributed by atoms with van der Waals surface area (Å²) in [6.45, 7) is 2.13. The van der Waals surface area contributed by atoms with E-state index in [0.717, 1.165) is 12.8 Å². The maximum Gasteiger partial charge on any atom is 0.248 e. The van der Waals surface area contributed by atoms with E-state index in [0.29, 0.717) is 10.8 Å². The predicted octanol–water partition coefficient (Wildman–Crippen LogP) is 4.81. The van der Waals surface area contributed by atoms with Gasteiger partial charge in [0.05, 0.1) is 0 Å². The zero-order chi connectivity index (χ0) is 10.2. The molecule has 0 rings (SSSR count). The largest absolute Gasteiger partial charge is 0.248 e. The fourth-order valence-corrected chi connectivity index (χ4v) is 2.04. The van der Waals surface area contributed by atoms with Crippen molar-refractivity contribution in [1.29, 1.82) is 0 Å². The van der Waals surface area contributed by atoms with Crippen LogP contribution < -0.4 is 0 Å². The zero-order valence-corrected chi connectivity index (χ0v) is 10.4. The molecule has 13 heavy (non-hydrogen) atoms. The predicted molar refractivity (Wildman–Crippen MR) is 61.8 cm³/mol. The molecule has 0 saturated heterocycles. The van der Waals surface area contributed by atoms with Crippen molar-refractivity contribution in [3.05, 3.63) is 0 Å². The summed E-state index contributed by atoms with van der Waals surface area (Å²) in [7, 11) is 0. The van der Waals surface area contributed by atoms with E-state index < -0.39 is 5.92 Å². The Morgan fingerprint density at radius 3 is 2.15 bits per heavy atom. The lowest BCUT2D eigenvalue weighted by Crippen LogP contribution is -2.16. The van der Waals surface area contributed by atoms with Crippen LogP contribution in [0.3, 0.4) is 0 Å². The summed E-state index contributed by atoms with van der Waals surface area (Å²) >= 11 is 2.01. The first-order chi connectivity index (χ1) is 6.12. The third-order valence-corrected chi connectivity index (χ3v) is 2.65. The molecule has 0 aromatic heterocycles. The van der Waals surface area contributed by atoms with Gasteiger partial charge in [0.1, 0.15) is 0 Å². The molecule has 0 amide bonds. The molecule has 0 aromatic carbocycles. The Bertz CT molecular complexity index is 115. The number of rotatable bonds is 8. The van der Waals surface area contributed by atoms with Crippen molar-refractivity contribution < 1.29 is 8.78 Å². The van der Waals surface area contributed by atoms with Gasteiger partial charge in [0.15, 0.2) is 0 Å². The van der Waals surface area contributed by atoms with E-state index in [1.807, 2.05) is 22.6 Å². The molecule has 0 unspecified atom stereocenters. The van der Waals surface area contributed by atoms with Gasteiger partial charge in [-0.3, -0.25) is 0 Å². The molecular weight excluding hydrogens is 285 g/mol. The molecule has 80 valence electrons. The van der Waals surface area contributed by atoms with Gasteiger partial charge in [-0.2, -0.15) is 0 Å². The van der Waals surface area contributed by atoms with E-state index in [1.165, 1.54) is 12.8 Å². The molecule has 0 radical (unpaired) electrons. The third-order valence-electron chi connectivity index (χ3n) is 2.11. The van der Waals surface area contributed by atoms with Crippen LogP contribution in [0, 0.1) is 0 Å². The maximum absolute atomic E-state index is 12.9. The number of hydrogen-bond donors (Lipinski definition) is 0. The summed E-state index contributed by atoms with van der Waals surface area (Å²) in [6, 6.07) is 0. The van der Waals surface area contributed by atoms with Crippen molar-refractivity contribution in [1.82, 2.24) is 0 Å². The number of halogens is 3. The second kappa shape index (κ2) is 7.94. The van der Waals surface area contributed by atoms with E-state index in [4.69, 9.17) is 0 Å². The van der Waals surface area contributed by atoms with Crippen molar-refractivity contribution >= 4 is 22.6 Å². The smallest absolute Gasteiger partial charge is 0.207 e. The van der Waals surface area contributed by atoms with E-state index >= 15 is 0 Å². The second-order valence-electron chi connectivity index (χ2n) is 3.46. The van der Waals surface area contributed by atoms with Crippen LogP contribution in [0.4, 0.5) is 8.78 Å². The van der Waals surface area contributed by atoms with E-state index in [1.54, 1.807) is 0 Å². The minimum Gasteiger partial charge on any atom is -0.207 e. The summed E-state index contributed by atoms with van der Waals surface area (Å²) < 4.78 is 26.4. The summed E-state index contributed by atoms with van der Waals surface area (Å²) in [4.78, 5) is 0. The molecule has 0 aliphatic carbocycles. The normalized spacial score (nSPS) is 12.0. The van der Waals surface area contributed by atoms with Crippen LogP contribution in [0.15, 0.2) is 0 Å². The van der Waals surface area contributed by atoms with Crippen LogP contribution in [0.1, 0.15) is 51.9 Å². The van der Waals surface area contributed by atoms with Crippen LogP contribution >= 0.6 is 22.6 Å². The molecule has 0 bridgehead atoms. The topological polar surface area (TPSA) is 0 Å². The van der Waals surface area contributed by atoms with E-state index in [9.17, 15) is 8.78 Å². The van der Waals surface area contributed by atoms with Gasteiger partial charge in [-0.05, 0) is 6.42 Å². The molecule has 0 spiro atoms. The third kappa shape index (κ3) is 8.91. The monoisotopic (exact) mass is 304 g/mol. The average molecular weight is 304 g/mol. The summed E-state index contributed by atoms with van der Waals surface area (Å²) in [5.74, 6) is -2.41. The van der Waals surface area contributed by atoms with Crippen molar-refractivity contribution in [2.75, 3.05) is 4.43 Å². The fourth-order valence-electron chi connectivity index (χ4n) is 1.25. The van der Waals surface area contributed by atoms with Gasteiger partial charge in [-0.25, -0.2) is 8.78 Å². The second-order valence-corrected chi connectivity index (χ2v) is 4.54. The molecule has 3 heteroatoms. The number of hydrogen-bond acceptors (Lipinski definition) is 0. The Kier molecular flexibility index (Phi) is 8.31. The minimum atomic E-state index is -2.41. The Labute approximate surface area is 93.6 Å². The molecule has 0 aliphatic heterocycles. The van der Waals surface area contributed by atoms with Gasteiger partial charge in [-0.1, -0.05) is 55.2 Å². The first kappa shape index (κ1) is 13.6. The first-order valence-corrected chi connectivity index (χ1v) is 6.59. The molecule has 0 atom stereocenters. The van der Waals surface area contributed by atoms with E-state index in [-0.39, 0.29) is 12.8 Å². The van der Waals surface area contributed by atoms with Gasteiger partial charge in [0, 0.05) is 17.3 Å². The standard InChI is InChI=1S/C10H19F2I/c1-2-3-4-5-6-7-10(11,12)8-9-13/h2-9H2,1H3. The SMILES string of the molecule is CCCCCCCC(F)(F)CCI. The highest BCUT2D eigenvalue weighted by Gasteiger charge is 2.26. The Balaban J connectivity index is 3.29. The summed E-state index contributed by atoms with van der Waals surface area (Å²) in [6.07, 6.45) is 5.23. The summed E-state index contributed by atoms with van der Waals surface area (Å²) in [5.41, 5.74) is 0. The van der Waals surface area contributed by atoms with E-state index in [2.05, 4.69) is 6.92 Å². The minimum absolute atomic E-state index is 0.0430. The van der Waals surface area contributed by atoms with Crippen molar-refractivity contribution in [2.24, 2.45) is 0 Å². The molecule has 0 heterocycles. The lowest BCUT2D eigenvalue weighted by Gasteiger charge is -2.14. The lowest BCUT2D eigenvalue weighted by atomic mass is 10.1. The molecule has 0 fully saturated rings. The quantitative estimate of drug-likeness (QED) is 0.343. The average Bonchev–Trinajstić information content (AvgIpc) is 2.04. The maximum atomic E-state index is 12.9. The zero-order valence-electron chi connectivity index (χ0n) is 8.29. The van der Waals surface area contributed by atoms with Crippen LogP contribution in [0.5, 0.6) is 0 Å². The molecule has 0 nitrogen and oxygen atoms in total. The highest BCUT2D eigenvalue weighted by atomic mass is 127. The fraction of sp³-hybridized carbons (Fsp3) is 1.00. The molecule has 0 N–H and O–H groups in total. The number of unbranched alkanes of at least 4 members (excludes halogenated alkanes) is 4. The van der Waals surface area contributed by atoms with Crippen molar-refractivity contribution in [3.8, 4) is 0 Å². The van der Waals surface area contributed by atoms with Crippen molar-refractivity contribution in [2.45, 2.75) is 57.8 Å². The van der Waals surface area contributed by atoms with Gasteiger partial charge in [-0.15, -0.1) is 0 Å². The Morgan fingerprint density at radius 2 is 1.62 bits per heavy atom. The molecule has 0 aromatic rings. The van der Waals surface area contributed by atoms with Gasteiger partial charge >= 0.3 is 0 Å². The Hall–Kier alpha value is 0.590. The van der Waals surface area contributed by atoms with Gasteiger partial charge in [0.25, 0.3) is 0 Å². The van der Waals surface area contributed by atoms with Gasteiger partial charge < -0.3 is 0 Å². The summed E-state index contributed by atoms with van der Waals surface area (Å²) in [5, 5.41) is 0. The molecular formula is C10H19F2I. The van der Waals surface area contributed by atoms with Crippen LogP contribution in [-0.4, -0.2) is 10.4 Å². The first-order valence-electron chi connectivity index (χ1n) is 5.06.